The Morgan fingerprint density at radius 2 is 2.47 bits per heavy atom. The van der Waals surface area contributed by atoms with Crippen LogP contribution in [0, 0.1) is 4.77 Å². The van der Waals surface area contributed by atoms with E-state index in [1.807, 2.05) is 0 Å². The lowest BCUT2D eigenvalue weighted by Crippen LogP contribution is -2.27. The van der Waals surface area contributed by atoms with Crippen LogP contribution in [0.4, 0.5) is 4.39 Å². The quantitative estimate of drug-likeness (QED) is 0.645. The Balaban J connectivity index is 2.35. The van der Waals surface area contributed by atoms with Crippen LogP contribution < -0.4 is 5.56 Å². The zero-order chi connectivity index (χ0) is 12.6. The summed E-state index contributed by atoms with van der Waals surface area (Å²) in [6.45, 7) is -0.850. The molecule has 0 spiro atoms. The molecule has 3 N–H and O–H groups in total. The van der Waals surface area contributed by atoms with E-state index >= 15 is 0 Å². The molecule has 8 heteroatoms. The number of hydrogen-bond donors (Lipinski definition) is 3. The largest absolute Gasteiger partial charge is 0.390 e. The number of aliphatic hydroxyl groups is 2. The molecule has 94 valence electrons. The van der Waals surface area contributed by atoms with Crippen LogP contribution in [0.15, 0.2) is 17.1 Å². The highest BCUT2D eigenvalue weighted by molar-refractivity contribution is 7.71. The van der Waals surface area contributed by atoms with E-state index in [4.69, 9.17) is 22.1 Å². The van der Waals surface area contributed by atoms with Crippen molar-refractivity contribution in [3.63, 3.8) is 0 Å². The standard InChI is InChI=1S/C9H11FN2O4S/c10-9(4-13)3-5(14)7(16-9)12-2-1-6(15)11-8(12)17/h1-2,5,7,13-14H,3-4H2,(H,11,15,17)/t5-,7-,9+/m1/s1. The minimum absolute atomic E-state index is 0.0174. The number of alkyl halides is 1. The van der Waals surface area contributed by atoms with Gasteiger partial charge in [-0.25, -0.2) is 4.39 Å². The average molecular weight is 262 g/mol. The van der Waals surface area contributed by atoms with E-state index in [9.17, 15) is 14.3 Å². The van der Waals surface area contributed by atoms with Gasteiger partial charge in [0.1, 0.15) is 12.7 Å². The molecule has 1 aliphatic heterocycles. The zero-order valence-corrected chi connectivity index (χ0v) is 9.48. The number of aliphatic hydroxyl groups excluding tert-OH is 2. The van der Waals surface area contributed by atoms with Crippen LogP contribution in [-0.2, 0) is 4.74 Å². The molecule has 0 aliphatic carbocycles. The smallest absolute Gasteiger partial charge is 0.251 e. The van der Waals surface area contributed by atoms with Crippen molar-refractivity contribution >= 4 is 12.2 Å². The molecule has 2 heterocycles. The van der Waals surface area contributed by atoms with Gasteiger partial charge in [0.15, 0.2) is 11.0 Å². The third-order valence-corrected chi connectivity index (χ3v) is 2.85. The zero-order valence-electron chi connectivity index (χ0n) is 8.67. The minimum Gasteiger partial charge on any atom is -0.390 e. The van der Waals surface area contributed by atoms with Gasteiger partial charge < -0.3 is 14.9 Å². The van der Waals surface area contributed by atoms with Gasteiger partial charge in [-0.05, 0) is 12.2 Å². The maximum absolute atomic E-state index is 13.7. The molecule has 1 aliphatic rings. The Hall–Kier alpha value is -1.09. The van der Waals surface area contributed by atoms with Gasteiger partial charge in [-0.3, -0.25) is 14.3 Å². The normalized spacial score (nSPS) is 32.9. The number of H-pyrrole nitrogens is 1. The predicted octanol–water partition coefficient (Wildman–Crippen LogP) is -0.156. The van der Waals surface area contributed by atoms with Crippen LogP contribution in [-0.4, -0.2) is 38.3 Å². The Bertz CT molecular complexity index is 530. The van der Waals surface area contributed by atoms with Crippen LogP contribution in [0.1, 0.15) is 12.6 Å². The maximum Gasteiger partial charge on any atom is 0.251 e. The maximum atomic E-state index is 13.7. The molecule has 0 aromatic carbocycles. The van der Waals surface area contributed by atoms with Gasteiger partial charge in [-0.1, -0.05) is 0 Å². The van der Waals surface area contributed by atoms with Gasteiger partial charge in [-0.15, -0.1) is 0 Å². The molecular formula is C9H11FN2O4S. The monoisotopic (exact) mass is 262 g/mol. The fraction of sp³-hybridized carbons (Fsp3) is 0.556. The SMILES string of the molecule is O=c1ccn([C@@H]2O[C@](F)(CO)C[C@H]2O)c(=S)[nH]1. The topological polar surface area (TPSA) is 87.5 Å². The second kappa shape index (κ2) is 4.30. The summed E-state index contributed by atoms with van der Waals surface area (Å²) in [6, 6.07) is 1.18. The number of rotatable bonds is 2. The lowest BCUT2D eigenvalue weighted by atomic mass is 10.2. The Morgan fingerprint density at radius 3 is 3.00 bits per heavy atom. The lowest BCUT2D eigenvalue weighted by molar-refractivity contribution is -0.180. The van der Waals surface area contributed by atoms with Crippen molar-refractivity contribution in [2.45, 2.75) is 24.6 Å². The number of aromatic nitrogens is 2. The Kier molecular flexibility index (Phi) is 3.13. The number of hydrogen-bond acceptors (Lipinski definition) is 5. The summed E-state index contributed by atoms with van der Waals surface area (Å²) in [7, 11) is 0. The number of nitrogens with zero attached hydrogens (tertiary/aromatic N) is 1. The van der Waals surface area contributed by atoms with E-state index in [0.717, 1.165) is 0 Å². The second-order valence-corrected chi connectivity index (χ2v) is 4.23. The van der Waals surface area contributed by atoms with Crippen molar-refractivity contribution in [3.8, 4) is 0 Å². The molecule has 0 unspecified atom stereocenters. The van der Waals surface area contributed by atoms with Gasteiger partial charge in [0, 0.05) is 18.7 Å². The first kappa shape index (κ1) is 12.4. The summed E-state index contributed by atoms with van der Waals surface area (Å²) in [5.74, 6) is -2.28. The third-order valence-electron chi connectivity index (χ3n) is 2.54. The van der Waals surface area contributed by atoms with E-state index in [1.165, 1.54) is 16.8 Å². The van der Waals surface area contributed by atoms with Crippen LogP contribution >= 0.6 is 12.2 Å². The van der Waals surface area contributed by atoms with Gasteiger partial charge in [0.2, 0.25) is 5.85 Å². The van der Waals surface area contributed by atoms with Crippen molar-refractivity contribution in [1.29, 1.82) is 0 Å². The molecular weight excluding hydrogens is 251 g/mol. The first-order valence-electron chi connectivity index (χ1n) is 4.92. The molecule has 17 heavy (non-hydrogen) atoms. The summed E-state index contributed by atoms with van der Waals surface area (Å²) in [4.78, 5) is 13.3. The third kappa shape index (κ3) is 2.29. The summed E-state index contributed by atoms with van der Waals surface area (Å²) in [5.41, 5.74) is -0.396. The molecule has 3 atom stereocenters. The Labute approximate surface area is 100 Å². The molecule has 0 amide bonds. The minimum atomic E-state index is -2.28. The molecule has 0 saturated carbocycles. The van der Waals surface area contributed by atoms with E-state index in [1.54, 1.807) is 0 Å². The van der Waals surface area contributed by atoms with Crippen molar-refractivity contribution < 1.29 is 19.3 Å². The van der Waals surface area contributed by atoms with Gasteiger partial charge in [-0.2, -0.15) is 0 Å². The van der Waals surface area contributed by atoms with Crippen LogP contribution in [0.5, 0.6) is 0 Å². The van der Waals surface area contributed by atoms with Gasteiger partial charge in [0.25, 0.3) is 5.56 Å². The van der Waals surface area contributed by atoms with E-state index in [0.29, 0.717) is 0 Å². The number of ether oxygens (including phenoxy) is 1. The highest BCUT2D eigenvalue weighted by Crippen LogP contribution is 2.37. The summed E-state index contributed by atoms with van der Waals surface area (Å²) in [5, 5.41) is 18.5. The van der Waals surface area contributed by atoms with E-state index in [-0.39, 0.29) is 11.2 Å². The second-order valence-electron chi connectivity index (χ2n) is 3.84. The van der Waals surface area contributed by atoms with Crippen molar-refractivity contribution in [2.75, 3.05) is 6.61 Å². The molecule has 6 nitrogen and oxygen atoms in total. The number of halogens is 1. The Morgan fingerprint density at radius 1 is 1.76 bits per heavy atom. The molecule has 0 radical (unpaired) electrons. The summed E-state index contributed by atoms with van der Waals surface area (Å²) < 4.78 is 19.9. The van der Waals surface area contributed by atoms with Crippen LogP contribution in [0.3, 0.4) is 0 Å². The van der Waals surface area contributed by atoms with Crippen molar-refractivity contribution in [2.24, 2.45) is 0 Å². The van der Waals surface area contributed by atoms with Gasteiger partial charge in [0.05, 0.1) is 0 Å². The molecule has 0 bridgehead atoms. The predicted molar refractivity (Wildman–Crippen MR) is 57.6 cm³/mol. The molecule has 1 aromatic rings. The average Bonchev–Trinajstić information content (AvgIpc) is 2.55. The fourth-order valence-corrected chi connectivity index (χ4v) is 1.99. The fourth-order valence-electron chi connectivity index (χ4n) is 1.73. The summed E-state index contributed by atoms with van der Waals surface area (Å²) >= 11 is 4.87. The highest BCUT2D eigenvalue weighted by atomic mass is 32.1. The lowest BCUT2D eigenvalue weighted by Gasteiger charge is -2.19. The van der Waals surface area contributed by atoms with Gasteiger partial charge >= 0.3 is 0 Å². The first-order valence-corrected chi connectivity index (χ1v) is 5.33. The molecule has 1 aromatic heterocycles. The van der Waals surface area contributed by atoms with E-state index in [2.05, 4.69) is 4.98 Å². The number of aromatic amines is 1. The van der Waals surface area contributed by atoms with E-state index < -0.39 is 30.4 Å². The molecule has 1 saturated heterocycles. The molecule has 1 fully saturated rings. The van der Waals surface area contributed by atoms with Crippen LogP contribution in [0.2, 0.25) is 0 Å². The number of nitrogens with one attached hydrogen (secondary N) is 1. The van der Waals surface area contributed by atoms with Crippen molar-refractivity contribution in [1.82, 2.24) is 9.55 Å². The van der Waals surface area contributed by atoms with Crippen molar-refractivity contribution in [3.05, 3.63) is 27.4 Å². The highest BCUT2D eigenvalue weighted by Gasteiger charge is 2.47. The first-order chi connectivity index (χ1) is 7.95. The molecule has 2 rings (SSSR count). The summed E-state index contributed by atoms with van der Waals surface area (Å²) in [6.07, 6.45) is -1.26. The van der Waals surface area contributed by atoms with Crippen LogP contribution in [0.25, 0.3) is 0 Å².